The Morgan fingerprint density at radius 1 is 1.03 bits per heavy atom. The predicted octanol–water partition coefficient (Wildman–Crippen LogP) is 4.25. The van der Waals surface area contributed by atoms with E-state index >= 15 is 0 Å². The van der Waals surface area contributed by atoms with Crippen LogP contribution in [-0.2, 0) is 0 Å². The summed E-state index contributed by atoms with van der Waals surface area (Å²) in [5, 5.41) is 20.9. The lowest BCUT2D eigenvalue weighted by atomic mass is 10.0. The highest BCUT2D eigenvalue weighted by molar-refractivity contribution is 5.96. The lowest BCUT2D eigenvalue weighted by Crippen LogP contribution is -2.28. The Hall–Kier alpha value is -5.23. The lowest BCUT2D eigenvalue weighted by Gasteiger charge is -2.08. The summed E-state index contributed by atoms with van der Waals surface area (Å²) in [7, 11) is 3.30. The van der Waals surface area contributed by atoms with E-state index in [1.54, 1.807) is 20.4 Å². The van der Waals surface area contributed by atoms with Gasteiger partial charge in [-0.15, -0.1) is 5.10 Å². The van der Waals surface area contributed by atoms with Gasteiger partial charge in [0.1, 0.15) is 17.1 Å². The number of nitrogens with zero attached hydrogens (tertiary/aromatic N) is 4. The number of nitrogens with two attached hydrogens (primary N) is 1. The van der Waals surface area contributed by atoms with Gasteiger partial charge in [-0.3, -0.25) is 0 Å². The zero-order valence-electron chi connectivity index (χ0n) is 21.2. The molecule has 4 heterocycles. The zero-order chi connectivity index (χ0) is 27.4. The second-order valence-corrected chi connectivity index (χ2v) is 8.61. The van der Waals surface area contributed by atoms with Gasteiger partial charge in [0.25, 0.3) is 5.82 Å². The highest BCUT2D eigenvalue weighted by Gasteiger charge is 2.19. The molecule has 0 bridgehead atoms. The number of methoxy groups -OCH3 is 2. The van der Waals surface area contributed by atoms with Crippen LogP contribution >= 0.6 is 0 Å². The van der Waals surface area contributed by atoms with Gasteiger partial charge in [0.15, 0.2) is 0 Å². The fraction of sp³-hybridized carbons (Fsp3) is 0.148. The molecule has 2 aromatic carbocycles. The Labute approximate surface area is 223 Å². The summed E-state index contributed by atoms with van der Waals surface area (Å²) < 4.78 is 10.7. The van der Waals surface area contributed by atoms with Crippen molar-refractivity contribution in [3.8, 4) is 34.0 Å². The molecule has 0 amide bonds. The SMILES string of the molecule is COc1ccccc1-c1c[nH]c2ncc(-c3n[nH]c([N+](=O)[O-])n3)cc12.COc1ccccc1C1=CNC(N)C1. The number of pyridine rings is 1. The number of nitrogens with one attached hydrogen (secondary N) is 3. The smallest absolute Gasteiger partial charge is 0.453 e. The Balaban J connectivity index is 0.000000186. The number of fused-ring (bicyclic) bond motifs is 1. The first-order valence-corrected chi connectivity index (χ1v) is 12.0. The molecule has 1 aliphatic rings. The molecule has 5 N–H and O–H groups in total. The third-order valence-electron chi connectivity index (χ3n) is 6.20. The van der Waals surface area contributed by atoms with E-state index in [1.165, 1.54) is 5.57 Å². The Bertz CT molecular complexity index is 1660. The first-order valence-electron chi connectivity index (χ1n) is 12.0. The number of hydrogen-bond donors (Lipinski definition) is 4. The van der Waals surface area contributed by atoms with Gasteiger partial charge in [0.2, 0.25) is 0 Å². The number of H-pyrrole nitrogens is 2. The average molecular weight is 527 g/mol. The van der Waals surface area contributed by atoms with Crippen molar-refractivity contribution in [3.05, 3.63) is 88.9 Å². The molecule has 12 heteroatoms. The van der Waals surface area contributed by atoms with E-state index in [2.05, 4.69) is 30.5 Å². The summed E-state index contributed by atoms with van der Waals surface area (Å²) in [4.78, 5) is 21.5. The zero-order valence-corrected chi connectivity index (χ0v) is 21.2. The molecular weight excluding hydrogens is 500 g/mol. The summed E-state index contributed by atoms with van der Waals surface area (Å²) in [5.41, 5.74) is 11.2. The minimum atomic E-state index is -0.626. The van der Waals surface area contributed by atoms with Crippen molar-refractivity contribution >= 4 is 22.6 Å². The van der Waals surface area contributed by atoms with Gasteiger partial charge in [-0.1, -0.05) is 41.5 Å². The van der Waals surface area contributed by atoms with Crippen molar-refractivity contribution in [3.63, 3.8) is 0 Å². The molecule has 0 aliphatic carbocycles. The minimum Gasteiger partial charge on any atom is -0.496 e. The van der Waals surface area contributed by atoms with E-state index in [1.807, 2.05) is 67.0 Å². The van der Waals surface area contributed by atoms with E-state index < -0.39 is 10.9 Å². The number of benzene rings is 2. The molecular formula is C27H26N8O4. The molecule has 198 valence electrons. The van der Waals surface area contributed by atoms with Gasteiger partial charge in [0, 0.05) is 47.1 Å². The molecule has 0 saturated carbocycles. The number of rotatable bonds is 6. The van der Waals surface area contributed by atoms with E-state index in [-0.39, 0.29) is 12.0 Å². The van der Waals surface area contributed by atoms with Crippen molar-refractivity contribution in [1.82, 2.24) is 30.5 Å². The van der Waals surface area contributed by atoms with Gasteiger partial charge in [-0.05, 0) is 33.7 Å². The fourth-order valence-electron chi connectivity index (χ4n) is 4.34. The lowest BCUT2D eigenvalue weighted by molar-refractivity contribution is -0.394. The Morgan fingerprint density at radius 3 is 2.36 bits per heavy atom. The third kappa shape index (κ3) is 5.26. The predicted molar refractivity (Wildman–Crippen MR) is 147 cm³/mol. The molecule has 12 nitrogen and oxygen atoms in total. The van der Waals surface area contributed by atoms with Crippen molar-refractivity contribution in [2.45, 2.75) is 12.6 Å². The van der Waals surface area contributed by atoms with Crippen LogP contribution in [0.4, 0.5) is 5.95 Å². The summed E-state index contributed by atoms with van der Waals surface area (Å²) in [6.45, 7) is 0. The Morgan fingerprint density at radius 2 is 1.72 bits per heavy atom. The summed E-state index contributed by atoms with van der Waals surface area (Å²) >= 11 is 0. The van der Waals surface area contributed by atoms with Crippen molar-refractivity contribution in [2.24, 2.45) is 5.73 Å². The summed E-state index contributed by atoms with van der Waals surface area (Å²) in [6.07, 6.45) is 6.26. The topological polar surface area (TPSA) is 170 Å². The van der Waals surface area contributed by atoms with Crippen LogP contribution in [0.3, 0.4) is 0 Å². The van der Waals surface area contributed by atoms with Crippen molar-refractivity contribution in [2.75, 3.05) is 14.2 Å². The van der Waals surface area contributed by atoms with Crippen molar-refractivity contribution in [1.29, 1.82) is 0 Å². The van der Waals surface area contributed by atoms with Crippen LogP contribution in [0.15, 0.2) is 73.2 Å². The number of para-hydroxylation sites is 2. The number of aromatic amines is 2. The third-order valence-corrected chi connectivity index (χ3v) is 6.20. The maximum atomic E-state index is 10.8. The highest BCUT2D eigenvalue weighted by atomic mass is 16.6. The van der Waals surface area contributed by atoms with Crippen LogP contribution in [-0.4, -0.2) is 50.5 Å². The molecule has 3 aromatic heterocycles. The first-order chi connectivity index (χ1) is 19.0. The monoisotopic (exact) mass is 526 g/mol. The molecule has 0 saturated heterocycles. The second-order valence-electron chi connectivity index (χ2n) is 8.61. The quantitative estimate of drug-likeness (QED) is 0.187. The number of aromatic nitrogens is 5. The molecule has 1 unspecified atom stereocenters. The van der Waals surface area contributed by atoms with Crippen LogP contribution in [0.25, 0.3) is 39.1 Å². The molecule has 0 radical (unpaired) electrons. The van der Waals surface area contributed by atoms with E-state index in [9.17, 15) is 10.1 Å². The van der Waals surface area contributed by atoms with E-state index in [0.29, 0.717) is 11.2 Å². The van der Waals surface area contributed by atoms with Gasteiger partial charge >= 0.3 is 5.95 Å². The standard InChI is InChI=1S/C16H12N6O3.C11H14N2O/c1-25-13-5-3-2-4-10(13)12-8-18-15-11(12)6-9(7-17-15)14-19-16(21-20-14)22(23)24;1-14-10-5-3-2-4-9(10)8-6-11(12)13-7-8/h2-8H,1H3,(H,17,18)(H,19,20,21);2-5,7,11,13H,6,12H2,1H3. The van der Waals surface area contributed by atoms with Crippen molar-refractivity contribution < 1.29 is 14.4 Å². The normalized spacial score (nSPS) is 14.2. The van der Waals surface area contributed by atoms with Gasteiger partial charge in [-0.2, -0.15) is 0 Å². The largest absolute Gasteiger partial charge is 0.496 e. The minimum absolute atomic E-state index is 0.0370. The summed E-state index contributed by atoms with van der Waals surface area (Å²) in [5.74, 6) is 1.44. The van der Waals surface area contributed by atoms with E-state index in [4.69, 9.17) is 15.2 Å². The molecule has 6 rings (SSSR count). The van der Waals surface area contributed by atoms with Crippen LogP contribution in [0, 0.1) is 10.1 Å². The van der Waals surface area contributed by atoms with Crippen LogP contribution in [0.1, 0.15) is 12.0 Å². The molecule has 0 spiro atoms. The molecule has 1 aliphatic heterocycles. The highest BCUT2D eigenvalue weighted by Crippen LogP contribution is 2.35. The van der Waals surface area contributed by atoms with Crippen LogP contribution in [0.2, 0.25) is 0 Å². The van der Waals surface area contributed by atoms with Crippen LogP contribution < -0.4 is 20.5 Å². The maximum Gasteiger partial charge on any atom is 0.453 e. The molecule has 5 aromatic rings. The van der Waals surface area contributed by atoms with Gasteiger partial charge in [0.05, 0.1) is 25.9 Å². The summed E-state index contributed by atoms with van der Waals surface area (Å²) in [6, 6.07) is 17.5. The molecule has 1 atom stereocenters. The Kier molecular flexibility index (Phi) is 7.19. The second kappa shape index (κ2) is 11.0. The number of nitro groups is 1. The van der Waals surface area contributed by atoms with Crippen LogP contribution in [0.5, 0.6) is 11.5 Å². The molecule has 0 fully saturated rings. The fourth-order valence-corrected chi connectivity index (χ4v) is 4.34. The van der Waals surface area contributed by atoms with E-state index in [0.717, 1.165) is 40.0 Å². The maximum absolute atomic E-state index is 10.8. The first kappa shape index (κ1) is 25.4. The number of hydrogen-bond acceptors (Lipinski definition) is 9. The number of ether oxygens (including phenoxy) is 2. The molecule has 39 heavy (non-hydrogen) atoms. The van der Waals surface area contributed by atoms with Gasteiger partial charge in [-0.25, -0.2) is 4.98 Å². The average Bonchev–Trinajstić information content (AvgIpc) is 3.73. The van der Waals surface area contributed by atoms with Gasteiger partial charge < -0.3 is 35.6 Å².